The number of halogens is 3. The molecule has 2 saturated heterocycles. The van der Waals surface area contributed by atoms with Crippen LogP contribution < -0.4 is 4.74 Å². The summed E-state index contributed by atoms with van der Waals surface area (Å²) in [5, 5.41) is 0. The van der Waals surface area contributed by atoms with E-state index in [1.807, 2.05) is 7.05 Å². The molecule has 190 valence electrons. The van der Waals surface area contributed by atoms with Gasteiger partial charge in [0.2, 0.25) is 0 Å². The number of piperazine rings is 1. The van der Waals surface area contributed by atoms with Gasteiger partial charge in [0, 0.05) is 38.4 Å². The zero-order chi connectivity index (χ0) is 24.7. The van der Waals surface area contributed by atoms with Crippen molar-refractivity contribution in [3.63, 3.8) is 0 Å². The number of pyridine rings is 1. The van der Waals surface area contributed by atoms with Crippen LogP contribution in [0, 0.1) is 0 Å². The normalized spacial score (nSPS) is 30.2. The molecule has 1 aromatic heterocycles. The van der Waals surface area contributed by atoms with Crippen LogP contribution >= 0.6 is 0 Å². The molecular formula is C25H33F3N6O. The van der Waals surface area contributed by atoms with Gasteiger partial charge in [-0.1, -0.05) is 6.08 Å². The number of likely N-dealkylation sites (N-methyl/N-ethyl adjacent to an activating group) is 2. The maximum absolute atomic E-state index is 13.0. The van der Waals surface area contributed by atoms with Crippen LogP contribution in [0.1, 0.15) is 37.9 Å². The van der Waals surface area contributed by atoms with E-state index in [2.05, 4.69) is 61.5 Å². The van der Waals surface area contributed by atoms with Crippen molar-refractivity contribution in [2.24, 2.45) is 4.99 Å². The standard InChI is InChI=1S/C25H33F3N6O/c1-17-23(30-21-10-5-11-22(34(17)21)33-15-13-31(2)14-16-33)18-7-4-8-19(32(18)3)24-20(9-6-12-29-24)35-25(26,27)28/h5-6,9-12,17-19,23H,4,7-8,13-16H2,1-3H3/t17?,18-,19+,23?/m1/s1. The number of piperidine rings is 1. The smallest absolute Gasteiger partial charge is 0.404 e. The van der Waals surface area contributed by atoms with Gasteiger partial charge in [-0.05, 0) is 64.6 Å². The number of alkyl halides is 3. The van der Waals surface area contributed by atoms with Gasteiger partial charge in [-0.3, -0.25) is 14.9 Å². The van der Waals surface area contributed by atoms with E-state index in [1.165, 1.54) is 24.2 Å². The first-order valence-corrected chi connectivity index (χ1v) is 12.3. The number of hydrogen-bond donors (Lipinski definition) is 0. The van der Waals surface area contributed by atoms with Crippen LogP contribution in [0.15, 0.2) is 47.4 Å². The highest BCUT2D eigenvalue weighted by molar-refractivity contribution is 5.97. The predicted molar refractivity (Wildman–Crippen MR) is 128 cm³/mol. The number of aliphatic imine (C=N–C) groups is 1. The number of nitrogens with zero attached hydrogens (tertiary/aromatic N) is 6. The van der Waals surface area contributed by atoms with Crippen LogP contribution in [0.25, 0.3) is 0 Å². The van der Waals surface area contributed by atoms with E-state index in [9.17, 15) is 13.2 Å². The monoisotopic (exact) mass is 490 g/mol. The first kappa shape index (κ1) is 24.1. The maximum atomic E-state index is 13.0. The van der Waals surface area contributed by atoms with Gasteiger partial charge in [-0.25, -0.2) is 0 Å². The molecule has 35 heavy (non-hydrogen) atoms. The van der Waals surface area contributed by atoms with Crippen molar-refractivity contribution in [1.29, 1.82) is 0 Å². The minimum Gasteiger partial charge on any atom is -0.404 e. The lowest BCUT2D eigenvalue weighted by atomic mass is 9.87. The minimum atomic E-state index is -4.75. The zero-order valence-corrected chi connectivity index (χ0v) is 20.4. The first-order chi connectivity index (χ1) is 16.7. The summed E-state index contributed by atoms with van der Waals surface area (Å²) in [5.41, 5.74) is 0.339. The Labute approximate surface area is 204 Å². The Morgan fingerprint density at radius 3 is 2.60 bits per heavy atom. The van der Waals surface area contributed by atoms with Crippen molar-refractivity contribution in [3.8, 4) is 5.75 Å². The average molecular weight is 491 g/mol. The number of aromatic nitrogens is 1. The number of fused-ring (bicyclic) bond motifs is 1. The van der Waals surface area contributed by atoms with Crippen LogP contribution in [0.2, 0.25) is 0 Å². The Morgan fingerprint density at radius 2 is 1.86 bits per heavy atom. The number of allylic oxidation sites excluding steroid dienone is 2. The number of likely N-dealkylation sites (tertiary alicyclic amines) is 1. The van der Waals surface area contributed by atoms with Gasteiger partial charge in [0.1, 0.15) is 11.7 Å². The van der Waals surface area contributed by atoms with E-state index in [0.717, 1.165) is 51.3 Å². The highest BCUT2D eigenvalue weighted by Crippen LogP contribution is 2.41. The summed E-state index contributed by atoms with van der Waals surface area (Å²) in [6, 6.07) is 2.80. The molecule has 4 aliphatic heterocycles. The summed E-state index contributed by atoms with van der Waals surface area (Å²) in [6.45, 7) is 6.21. The second kappa shape index (κ2) is 9.46. The van der Waals surface area contributed by atoms with E-state index in [1.54, 1.807) is 0 Å². The summed E-state index contributed by atoms with van der Waals surface area (Å²) in [6.07, 6.45) is 5.64. The fraction of sp³-hybridized carbons (Fsp3) is 0.600. The van der Waals surface area contributed by atoms with Gasteiger partial charge < -0.3 is 19.4 Å². The van der Waals surface area contributed by atoms with Gasteiger partial charge in [-0.15, -0.1) is 13.2 Å². The molecule has 5 heterocycles. The molecule has 0 bridgehead atoms. The van der Waals surface area contributed by atoms with Crippen LogP contribution in [0.3, 0.4) is 0 Å². The third-order valence-electron chi connectivity index (χ3n) is 7.72. The molecule has 0 saturated carbocycles. The van der Waals surface area contributed by atoms with Crippen molar-refractivity contribution >= 4 is 5.84 Å². The summed E-state index contributed by atoms with van der Waals surface area (Å²) in [5.74, 6) is 1.94. The molecule has 4 atom stereocenters. The van der Waals surface area contributed by atoms with Crippen LogP contribution in [0.4, 0.5) is 13.2 Å². The molecule has 0 N–H and O–H groups in total. The minimum absolute atomic E-state index is 0.00658. The quantitative estimate of drug-likeness (QED) is 0.643. The van der Waals surface area contributed by atoms with Crippen molar-refractivity contribution in [2.75, 3.05) is 40.3 Å². The van der Waals surface area contributed by atoms with Crippen LogP contribution in [0.5, 0.6) is 5.75 Å². The van der Waals surface area contributed by atoms with Crippen LogP contribution in [-0.2, 0) is 0 Å². The Kier molecular flexibility index (Phi) is 6.52. The van der Waals surface area contributed by atoms with E-state index in [0.29, 0.717) is 5.69 Å². The summed E-state index contributed by atoms with van der Waals surface area (Å²) in [4.78, 5) is 18.7. The Balaban J connectivity index is 1.37. The van der Waals surface area contributed by atoms with Gasteiger partial charge in [0.05, 0.1) is 23.8 Å². The molecule has 4 aliphatic rings. The SMILES string of the molecule is CC1C([C@H]2CCC[C@@H](c3ncccc3OC(F)(F)F)N2C)N=C2C=CC=C(N3CCN(C)CC3)N21. The highest BCUT2D eigenvalue weighted by Gasteiger charge is 2.45. The fourth-order valence-corrected chi connectivity index (χ4v) is 5.90. The summed E-state index contributed by atoms with van der Waals surface area (Å²) in [7, 11) is 4.13. The average Bonchev–Trinajstić information content (AvgIpc) is 3.16. The lowest BCUT2D eigenvalue weighted by Crippen LogP contribution is -2.53. The van der Waals surface area contributed by atoms with E-state index < -0.39 is 6.36 Å². The molecule has 0 radical (unpaired) electrons. The molecule has 0 aromatic carbocycles. The molecule has 2 unspecified atom stereocenters. The molecule has 2 fully saturated rings. The molecule has 0 aliphatic carbocycles. The molecule has 5 rings (SSSR count). The Bertz CT molecular complexity index is 1020. The fourth-order valence-electron chi connectivity index (χ4n) is 5.90. The van der Waals surface area contributed by atoms with E-state index in [-0.39, 0.29) is 29.9 Å². The molecule has 1 aromatic rings. The molecular weight excluding hydrogens is 457 g/mol. The molecule has 0 amide bonds. The van der Waals surface area contributed by atoms with E-state index >= 15 is 0 Å². The van der Waals surface area contributed by atoms with Crippen molar-refractivity contribution in [2.45, 2.75) is 56.7 Å². The highest BCUT2D eigenvalue weighted by atomic mass is 19.4. The predicted octanol–water partition coefficient (Wildman–Crippen LogP) is 3.64. The van der Waals surface area contributed by atoms with Crippen molar-refractivity contribution < 1.29 is 17.9 Å². The van der Waals surface area contributed by atoms with Crippen molar-refractivity contribution in [3.05, 3.63) is 48.1 Å². The second-order valence-corrected chi connectivity index (χ2v) is 9.88. The topological polar surface area (TPSA) is 47.4 Å². The third kappa shape index (κ3) is 4.78. The molecule has 7 nitrogen and oxygen atoms in total. The first-order valence-electron chi connectivity index (χ1n) is 12.3. The van der Waals surface area contributed by atoms with Crippen LogP contribution in [-0.4, -0.2) is 95.2 Å². The van der Waals surface area contributed by atoms with E-state index in [4.69, 9.17) is 4.99 Å². The summed E-state index contributed by atoms with van der Waals surface area (Å²) < 4.78 is 43.4. The molecule has 10 heteroatoms. The number of amidine groups is 1. The number of ether oxygens (including phenoxy) is 1. The lowest BCUT2D eigenvalue weighted by Gasteiger charge is -2.45. The lowest BCUT2D eigenvalue weighted by molar-refractivity contribution is -0.275. The molecule has 0 spiro atoms. The third-order valence-corrected chi connectivity index (χ3v) is 7.72. The van der Waals surface area contributed by atoms with Gasteiger partial charge >= 0.3 is 6.36 Å². The largest absolute Gasteiger partial charge is 0.573 e. The van der Waals surface area contributed by atoms with Gasteiger partial charge in [0.15, 0.2) is 5.75 Å². The Hall–Kier alpha value is -2.59. The van der Waals surface area contributed by atoms with Crippen molar-refractivity contribution in [1.82, 2.24) is 24.6 Å². The van der Waals surface area contributed by atoms with Gasteiger partial charge in [0.25, 0.3) is 0 Å². The Morgan fingerprint density at radius 1 is 1.09 bits per heavy atom. The summed E-state index contributed by atoms with van der Waals surface area (Å²) >= 11 is 0. The zero-order valence-electron chi connectivity index (χ0n) is 20.4. The second-order valence-electron chi connectivity index (χ2n) is 9.88. The number of hydrogen-bond acceptors (Lipinski definition) is 7. The maximum Gasteiger partial charge on any atom is 0.573 e. The number of rotatable bonds is 4. The van der Waals surface area contributed by atoms with Gasteiger partial charge in [-0.2, -0.15) is 0 Å².